The molecule has 0 bridgehead atoms. The second-order valence-electron chi connectivity index (χ2n) is 5.86. The van der Waals surface area contributed by atoms with Gasteiger partial charge in [-0.1, -0.05) is 19.9 Å². The van der Waals surface area contributed by atoms with Crippen molar-refractivity contribution < 1.29 is 24.2 Å². The Labute approximate surface area is 142 Å². The SMILES string of the molecule is COc1ccc(CCNC(=O)N[C@@H](CC(C)C)C(=O)O)cc1OC. The zero-order valence-corrected chi connectivity index (χ0v) is 14.6. The molecule has 0 saturated carbocycles. The molecule has 0 unspecified atom stereocenters. The van der Waals surface area contributed by atoms with Crippen LogP contribution >= 0.6 is 0 Å². The van der Waals surface area contributed by atoms with Crippen LogP contribution in [0.2, 0.25) is 0 Å². The Kier molecular flexibility index (Phi) is 7.88. The molecule has 1 rings (SSSR count). The molecule has 0 heterocycles. The minimum Gasteiger partial charge on any atom is -0.493 e. The molecule has 1 atom stereocenters. The second kappa shape index (κ2) is 9.64. The smallest absolute Gasteiger partial charge is 0.326 e. The predicted molar refractivity (Wildman–Crippen MR) is 90.7 cm³/mol. The monoisotopic (exact) mass is 338 g/mol. The van der Waals surface area contributed by atoms with Gasteiger partial charge in [0.2, 0.25) is 0 Å². The molecule has 0 spiro atoms. The second-order valence-corrected chi connectivity index (χ2v) is 5.86. The standard InChI is InChI=1S/C17H26N2O5/c1-11(2)9-13(16(20)21)19-17(22)18-8-7-12-5-6-14(23-3)15(10-12)24-4/h5-6,10-11,13H,7-9H2,1-4H3,(H,20,21)(H2,18,19,22)/t13-/m0/s1. The Balaban J connectivity index is 2.49. The van der Waals surface area contributed by atoms with Crippen LogP contribution in [0.3, 0.4) is 0 Å². The number of carbonyl (C=O) groups is 2. The van der Waals surface area contributed by atoms with Crippen molar-refractivity contribution >= 4 is 12.0 Å². The van der Waals surface area contributed by atoms with Crippen molar-refractivity contribution in [2.75, 3.05) is 20.8 Å². The molecule has 0 saturated heterocycles. The largest absolute Gasteiger partial charge is 0.493 e. The van der Waals surface area contributed by atoms with Gasteiger partial charge < -0.3 is 25.2 Å². The molecule has 7 heteroatoms. The molecule has 3 N–H and O–H groups in total. The molecule has 134 valence electrons. The first-order chi connectivity index (χ1) is 11.4. The van der Waals surface area contributed by atoms with E-state index in [1.165, 1.54) is 0 Å². The Morgan fingerprint density at radius 2 is 1.83 bits per heavy atom. The third kappa shape index (κ3) is 6.36. The number of amides is 2. The van der Waals surface area contributed by atoms with E-state index in [1.54, 1.807) is 20.3 Å². The predicted octanol–water partition coefficient (Wildman–Crippen LogP) is 2.04. The van der Waals surface area contributed by atoms with Crippen molar-refractivity contribution in [1.29, 1.82) is 0 Å². The van der Waals surface area contributed by atoms with Crippen molar-refractivity contribution in [1.82, 2.24) is 10.6 Å². The summed E-state index contributed by atoms with van der Waals surface area (Å²) in [5.74, 6) is 0.421. The molecule has 0 fully saturated rings. The van der Waals surface area contributed by atoms with Gasteiger partial charge in [-0.25, -0.2) is 9.59 Å². The molecule has 2 amide bonds. The maximum Gasteiger partial charge on any atom is 0.326 e. The number of methoxy groups -OCH3 is 2. The quantitative estimate of drug-likeness (QED) is 0.640. The van der Waals surface area contributed by atoms with E-state index in [9.17, 15) is 9.59 Å². The Hall–Kier alpha value is -2.44. The van der Waals surface area contributed by atoms with Gasteiger partial charge in [-0.05, 0) is 36.5 Å². The maximum atomic E-state index is 11.8. The number of aliphatic carboxylic acids is 1. The summed E-state index contributed by atoms with van der Waals surface area (Å²) in [5.41, 5.74) is 0.977. The summed E-state index contributed by atoms with van der Waals surface area (Å²) in [6.45, 7) is 4.20. The minimum atomic E-state index is -1.03. The Morgan fingerprint density at radius 3 is 2.38 bits per heavy atom. The van der Waals surface area contributed by atoms with Crippen LogP contribution in [0.4, 0.5) is 4.79 Å². The number of benzene rings is 1. The molecule has 0 aliphatic heterocycles. The third-order valence-electron chi connectivity index (χ3n) is 3.46. The van der Waals surface area contributed by atoms with E-state index in [0.29, 0.717) is 30.9 Å². The van der Waals surface area contributed by atoms with E-state index < -0.39 is 18.0 Å². The van der Waals surface area contributed by atoms with E-state index in [1.807, 2.05) is 26.0 Å². The van der Waals surface area contributed by atoms with E-state index in [2.05, 4.69) is 10.6 Å². The summed E-state index contributed by atoms with van der Waals surface area (Å²) < 4.78 is 10.4. The Morgan fingerprint density at radius 1 is 1.17 bits per heavy atom. The van der Waals surface area contributed by atoms with Crippen LogP contribution in [0.15, 0.2) is 18.2 Å². The molecule has 0 aliphatic rings. The van der Waals surface area contributed by atoms with Gasteiger partial charge in [-0.2, -0.15) is 0 Å². The number of ether oxygens (including phenoxy) is 2. The van der Waals surface area contributed by atoms with E-state index in [4.69, 9.17) is 14.6 Å². The molecular weight excluding hydrogens is 312 g/mol. The van der Waals surface area contributed by atoms with Crippen molar-refractivity contribution in [3.8, 4) is 11.5 Å². The summed E-state index contributed by atoms with van der Waals surface area (Å²) in [4.78, 5) is 23.0. The minimum absolute atomic E-state index is 0.179. The van der Waals surface area contributed by atoms with Crippen LogP contribution in [0.1, 0.15) is 25.8 Å². The first-order valence-corrected chi connectivity index (χ1v) is 7.85. The van der Waals surface area contributed by atoms with Crippen LogP contribution < -0.4 is 20.1 Å². The number of urea groups is 1. The maximum absolute atomic E-state index is 11.8. The molecule has 0 aromatic heterocycles. The number of carboxylic acids is 1. The topological polar surface area (TPSA) is 96.9 Å². The van der Waals surface area contributed by atoms with Gasteiger partial charge in [0, 0.05) is 6.54 Å². The van der Waals surface area contributed by atoms with Gasteiger partial charge >= 0.3 is 12.0 Å². The number of hydrogen-bond donors (Lipinski definition) is 3. The highest BCUT2D eigenvalue weighted by molar-refractivity contribution is 5.82. The van der Waals surface area contributed by atoms with Gasteiger partial charge in [0.15, 0.2) is 11.5 Å². The van der Waals surface area contributed by atoms with Crippen molar-refractivity contribution in [3.63, 3.8) is 0 Å². The van der Waals surface area contributed by atoms with Gasteiger partial charge in [-0.15, -0.1) is 0 Å². The molecule has 7 nitrogen and oxygen atoms in total. The lowest BCUT2D eigenvalue weighted by Crippen LogP contribution is -2.47. The number of carboxylic acid groups (broad SMARTS) is 1. The zero-order valence-electron chi connectivity index (χ0n) is 14.6. The van der Waals surface area contributed by atoms with Crippen LogP contribution in [-0.4, -0.2) is 43.9 Å². The Bertz CT molecular complexity index is 560. The summed E-state index contributed by atoms with van der Waals surface area (Å²) in [6, 6.07) is 4.17. The fourth-order valence-corrected chi connectivity index (χ4v) is 2.26. The molecule has 1 aromatic carbocycles. The first-order valence-electron chi connectivity index (χ1n) is 7.85. The molecule has 1 aromatic rings. The number of nitrogens with one attached hydrogen (secondary N) is 2. The van der Waals surface area contributed by atoms with Crippen LogP contribution in [0.5, 0.6) is 11.5 Å². The lowest BCUT2D eigenvalue weighted by Gasteiger charge is -2.17. The van der Waals surface area contributed by atoms with Crippen molar-refractivity contribution in [2.24, 2.45) is 5.92 Å². The van der Waals surface area contributed by atoms with Gasteiger partial charge in [-0.3, -0.25) is 0 Å². The highest BCUT2D eigenvalue weighted by Crippen LogP contribution is 2.27. The fraction of sp³-hybridized carbons (Fsp3) is 0.529. The van der Waals surface area contributed by atoms with Gasteiger partial charge in [0.25, 0.3) is 0 Å². The van der Waals surface area contributed by atoms with E-state index in [0.717, 1.165) is 5.56 Å². The summed E-state index contributed by atoms with van der Waals surface area (Å²) >= 11 is 0. The summed E-state index contributed by atoms with van der Waals surface area (Å²) in [6.07, 6.45) is 0.980. The molecule has 0 aliphatic carbocycles. The number of carbonyl (C=O) groups excluding carboxylic acids is 1. The normalized spacial score (nSPS) is 11.7. The van der Waals surface area contributed by atoms with Crippen LogP contribution in [0.25, 0.3) is 0 Å². The molecule has 24 heavy (non-hydrogen) atoms. The average Bonchev–Trinajstić information content (AvgIpc) is 2.53. The van der Waals surface area contributed by atoms with Crippen molar-refractivity contribution in [3.05, 3.63) is 23.8 Å². The highest BCUT2D eigenvalue weighted by atomic mass is 16.5. The fourth-order valence-electron chi connectivity index (χ4n) is 2.26. The van der Waals surface area contributed by atoms with Crippen molar-refractivity contribution in [2.45, 2.75) is 32.7 Å². The zero-order chi connectivity index (χ0) is 18.1. The highest BCUT2D eigenvalue weighted by Gasteiger charge is 2.20. The molecular formula is C17H26N2O5. The number of hydrogen-bond acceptors (Lipinski definition) is 4. The van der Waals surface area contributed by atoms with Crippen LogP contribution in [-0.2, 0) is 11.2 Å². The average molecular weight is 338 g/mol. The van der Waals surface area contributed by atoms with E-state index >= 15 is 0 Å². The van der Waals surface area contributed by atoms with Gasteiger partial charge in [0.05, 0.1) is 14.2 Å². The number of rotatable bonds is 9. The molecule has 0 radical (unpaired) electrons. The third-order valence-corrected chi connectivity index (χ3v) is 3.46. The van der Waals surface area contributed by atoms with E-state index in [-0.39, 0.29) is 5.92 Å². The van der Waals surface area contributed by atoms with Crippen LogP contribution in [0, 0.1) is 5.92 Å². The summed E-state index contributed by atoms with van der Waals surface area (Å²) in [7, 11) is 3.13. The lowest BCUT2D eigenvalue weighted by atomic mass is 10.0. The summed E-state index contributed by atoms with van der Waals surface area (Å²) in [5, 5.41) is 14.3. The van der Waals surface area contributed by atoms with Gasteiger partial charge in [0.1, 0.15) is 6.04 Å². The first kappa shape index (κ1) is 19.6. The lowest BCUT2D eigenvalue weighted by molar-refractivity contribution is -0.139.